The van der Waals surface area contributed by atoms with Crippen molar-refractivity contribution >= 4 is 0 Å². The van der Waals surface area contributed by atoms with Gasteiger partial charge in [-0.1, -0.05) is 12.7 Å². The largest absolute Gasteiger partial charge is 0.484 e. The van der Waals surface area contributed by atoms with E-state index < -0.39 is 0 Å². The molecule has 1 heterocycles. The fourth-order valence-electron chi connectivity index (χ4n) is 1.30. The minimum absolute atomic E-state index is 0.161. The van der Waals surface area contributed by atoms with Crippen LogP contribution in [-0.4, -0.2) is 30.9 Å². The molecule has 1 aromatic heterocycles. The van der Waals surface area contributed by atoms with Gasteiger partial charge in [0.25, 0.3) is 5.56 Å². The lowest BCUT2D eigenvalue weighted by Gasteiger charge is -2.08. The second kappa shape index (κ2) is 7.65. The Morgan fingerprint density at radius 3 is 3.00 bits per heavy atom. The molecule has 0 saturated heterocycles. The van der Waals surface area contributed by atoms with Crippen LogP contribution < -0.4 is 16.0 Å². The highest BCUT2D eigenvalue weighted by Gasteiger charge is 2.03. The van der Waals surface area contributed by atoms with Crippen LogP contribution in [0, 0.1) is 0 Å². The minimum Gasteiger partial charge on any atom is -0.484 e. The summed E-state index contributed by atoms with van der Waals surface area (Å²) in [6, 6.07) is 3.41. The van der Waals surface area contributed by atoms with Crippen LogP contribution in [0.15, 0.2) is 35.8 Å². The van der Waals surface area contributed by atoms with Crippen molar-refractivity contribution in [2.45, 2.75) is 6.54 Å². The van der Waals surface area contributed by atoms with Crippen molar-refractivity contribution in [3.05, 3.63) is 41.3 Å². The first-order valence-corrected chi connectivity index (χ1v) is 5.50. The number of ether oxygens (including phenoxy) is 2. The highest BCUT2D eigenvalue weighted by molar-refractivity contribution is 5.17. The molecule has 0 aliphatic rings. The maximum Gasteiger partial charge on any atom is 0.292 e. The van der Waals surface area contributed by atoms with E-state index in [1.165, 1.54) is 0 Å². The van der Waals surface area contributed by atoms with E-state index in [4.69, 9.17) is 15.2 Å². The topological polar surface area (TPSA) is 66.5 Å². The molecule has 0 aliphatic carbocycles. The molecule has 0 atom stereocenters. The van der Waals surface area contributed by atoms with E-state index in [0.717, 1.165) is 0 Å². The number of rotatable bonds is 8. The smallest absolute Gasteiger partial charge is 0.292 e. The second-order valence-electron chi connectivity index (χ2n) is 3.37. The molecule has 0 aromatic carbocycles. The van der Waals surface area contributed by atoms with E-state index in [-0.39, 0.29) is 5.56 Å². The van der Waals surface area contributed by atoms with Crippen LogP contribution >= 0.6 is 0 Å². The van der Waals surface area contributed by atoms with Crippen molar-refractivity contribution in [1.29, 1.82) is 0 Å². The number of hydrogen-bond acceptors (Lipinski definition) is 4. The van der Waals surface area contributed by atoms with Gasteiger partial charge in [0.05, 0.1) is 13.2 Å². The van der Waals surface area contributed by atoms with Crippen LogP contribution in [0.5, 0.6) is 5.75 Å². The molecule has 1 aromatic rings. The number of pyridine rings is 1. The van der Waals surface area contributed by atoms with Gasteiger partial charge in [0.2, 0.25) is 0 Å². The van der Waals surface area contributed by atoms with E-state index in [1.807, 2.05) is 0 Å². The first kappa shape index (κ1) is 13.5. The summed E-state index contributed by atoms with van der Waals surface area (Å²) < 4.78 is 12.0. The summed E-state index contributed by atoms with van der Waals surface area (Å²) >= 11 is 0. The standard InChI is InChI=1S/C12H18N2O3/c1-2-8-17-11-4-3-6-14(12(11)15)7-10-16-9-5-13/h2-4,6H,1,5,7-10,13H2. The summed E-state index contributed by atoms with van der Waals surface area (Å²) in [6.45, 7) is 5.79. The van der Waals surface area contributed by atoms with Gasteiger partial charge < -0.3 is 19.8 Å². The van der Waals surface area contributed by atoms with Crippen molar-refractivity contribution in [1.82, 2.24) is 4.57 Å². The highest BCUT2D eigenvalue weighted by atomic mass is 16.5. The van der Waals surface area contributed by atoms with Crippen LogP contribution in [0.3, 0.4) is 0 Å². The van der Waals surface area contributed by atoms with Crippen LogP contribution in [0.4, 0.5) is 0 Å². The first-order chi connectivity index (χ1) is 8.29. The molecular weight excluding hydrogens is 220 g/mol. The first-order valence-electron chi connectivity index (χ1n) is 5.50. The SMILES string of the molecule is C=CCOc1cccn(CCOCCN)c1=O. The summed E-state index contributed by atoms with van der Waals surface area (Å²) in [7, 11) is 0. The summed E-state index contributed by atoms with van der Waals surface area (Å²) in [6.07, 6.45) is 3.30. The molecule has 0 saturated carbocycles. The van der Waals surface area contributed by atoms with Gasteiger partial charge in [0.1, 0.15) is 6.61 Å². The summed E-state index contributed by atoms with van der Waals surface area (Å²) in [5.41, 5.74) is 5.13. The zero-order chi connectivity index (χ0) is 12.5. The van der Waals surface area contributed by atoms with Gasteiger partial charge in [-0.15, -0.1) is 0 Å². The predicted molar refractivity (Wildman–Crippen MR) is 66.3 cm³/mol. The number of nitrogens with two attached hydrogens (primary N) is 1. The molecule has 0 amide bonds. The molecule has 0 aliphatic heterocycles. The molecule has 0 spiro atoms. The van der Waals surface area contributed by atoms with Gasteiger partial charge in [-0.3, -0.25) is 4.79 Å². The molecule has 2 N–H and O–H groups in total. The number of nitrogens with zero attached hydrogens (tertiary/aromatic N) is 1. The predicted octanol–water partition coefficient (Wildman–Crippen LogP) is 0.388. The quantitative estimate of drug-likeness (QED) is 0.525. The second-order valence-corrected chi connectivity index (χ2v) is 3.37. The van der Waals surface area contributed by atoms with Gasteiger partial charge in [0, 0.05) is 19.3 Å². The van der Waals surface area contributed by atoms with Crippen LogP contribution in [0.2, 0.25) is 0 Å². The molecular formula is C12H18N2O3. The Labute approximate surface area is 100 Å². The molecule has 5 nitrogen and oxygen atoms in total. The van der Waals surface area contributed by atoms with Gasteiger partial charge >= 0.3 is 0 Å². The third-order valence-corrected chi connectivity index (χ3v) is 2.08. The van der Waals surface area contributed by atoms with E-state index in [0.29, 0.717) is 38.7 Å². The summed E-state index contributed by atoms with van der Waals surface area (Å²) in [5, 5.41) is 0. The Balaban J connectivity index is 2.59. The molecule has 0 bridgehead atoms. The Bertz CT molecular complexity index is 401. The highest BCUT2D eigenvalue weighted by Crippen LogP contribution is 2.01. The fraction of sp³-hybridized carbons (Fsp3) is 0.417. The lowest BCUT2D eigenvalue weighted by atomic mass is 10.4. The average Bonchev–Trinajstić information content (AvgIpc) is 2.35. The van der Waals surface area contributed by atoms with Crippen molar-refractivity contribution < 1.29 is 9.47 Å². The average molecular weight is 238 g/mol. The zero-order valence-corrected chi connectivity index (χ0v) is 9.80. The molecule has 17 heavy (non-hydrogen) atoms. The van der Waals surface area contributed by atoms with E-state index in [1.54, 1.807) is 29.0 Å². The number of aromatic nitrogens is 1. The molecule has 0 radical (unpaired) electrons. The summed E-state index contributed by atoms with van der Waals surface area (Å²) in [4.78, 5) is 11.9. The van der Waals surface area contributed by atoms with Gasteiger partial charge in [0.15, 0.2) is 5.75 Å². The van der Waals surface area contributed by atoms with Gasteiger partial charge in [-0.25, -0.2) is 0 Å². The minimum atomic E-state index is -0.161. The van der Waals surface area contributed by atoms with Gasteiger partial charge in [-0.05, 0) is 12.1 Å². The van der Waals surface area contributed by atoms with E-state index in [9.17, 15) is 4.79 Å². The normalized spacial score (nSPS) is 10.2. The van der Waals surface area contributed by atoms with Crippen molar-refractivity contribution in [3.63, 3.8) is 0 Å². The van der Waals surface area contributed by atoms with Crippen molar-refractivity contribution in [2.75, 3.05) is 26.4 Å². The van der Waals surface area contributed by atoms with Crippen molar-refractivity contribution in [2.24, 2.45) is 5.73 Å². The monoisotopic (exact) mass is 238 g/mol. The maximum absolute atomic E-state index is 11.9. The third kappa shape index (κ3) is 4.42. The third-order valence-electron chi connectivity index (χ3n) is 2.08. The van der Waals surface area contributed by atoms with Crippen molar-refractivity contribution in [3.8, 4) is 5.75 Å². The zero-order valence-electron chi connectivity index (χ0n) is 9.80. The van der Waals surface area contributed by atoms with Crippen LogP contribution in [0.1, 0.15) is 0 Å². The molecule has 0 fully saturated rings. The molecule has 94 valence electrons. The number of hydrogen-bond donors (Lipinski definition) is 1. The lowest BCUT2D eigenvalue weighted by molar-refractivity contribution is 0.132. The molecule has 0 unspecified atom stereocenters. The molecule has 1 rings (SSSR count). The summed E-state index contributed by atoms with van der Waals surface area (Å²) in [5.74, 6) is 0.325. The van der Waals surface area contributed by atoms with E-state index >= 15 is 0 Å². The van der Waals surface area contributed by atoms with Crippen LogP contribution in [0.25, 0.3) is 0 Å². The molecule has 5 heteroatoms. The maximum atomic E-state index is 11.9. The Hall–Kier alpha value is -1.59. The van der Waals surface area contributed by atoms with Gasteiger partial charge in [-0.2, -0.15) is 0 Å². The Kier molecular flexibility index (Phi) is 6.06. The Morgan fingerprint density at radius 1 is 1.47 bits per heavy atom. The van der Waals surface area contributed by atoms with E-state index in [2.05, 4.69) is 6.58 Å². The van der Waals surface area contributed by atoms with Crippen LogP contribution in [-0.2, 0) is 11.3 Å². The Morgan fingerprint density at radius 2 is 2.29 bits per heavy atom. The fourth-order valence-corrected chi connectivity index (χ4v) is 1.30. The lowest BCUT2D eigenvalue weighted by Crippen LogP contribution is -2.24.